The highest BCUT2D eigenvalue weighted by molar-refractivity contribution is 7.03. The van der Waals surface area contributed by atoms with Crippen molar-refractivity contribution in [2.75, 3.05) is 0 Å². The van der Waals surface area contributed by atoms with Gasteiger partial charge in [-0.15, -0.1) is 5.10 Å². The number of aromatic nitrogens is 4. The van der Waals surface area contributed by atoms with Gasteiger partial charge in [-0.3, -0.25) is 4.68 Å². The molecule has 0 saturated heterocycles. The average molecular weight is 286 g/mol. The standard InChI is InChI=1S/C11H16ClN5S/c1-3-8-11(12)10(17(4-2)15-8)5-7(13)9-6-18-16-14-9/h6-7H,3-5,13H2,1-2H3. The molecular formula is C11H16ClN5S. The van der Waals surface area contributed by atoms with E-state index in [4.69, 9.17) is 17.3 Å². The lowest BCUT2D eigenvalue weighted by Gasteiger charge is -2.10. The van der Waals surface area contributed by atoms with Gasteiger partial charge in [-0.25, -0.2) is 0 Å². The molecule has 0 aliphatic heterocycles. The quantitative estimate of drug-likeness (QED) is 0.914. The third-order valence-corrected chi connectivity index (χ3v) is 3.82. The van der Waals surface area contributed by atoms with Crippen LogP contribution in [0.15, 0.2) is 5.38 Å². The Kier molecular flexibility index (Phi) is 4.31. The topological polar surface area (TPSA) is 69.6 Å². The Morgan fingerprint density at radius 3 is 2.83 bits per heavy atom. The molecule has 1 unspecified atom stereocenters. The molecule has 2 aromatic rings. The van der Waals surface area contributed by atoms with Gasteiger partial charge in [-0.05, 0) is 24.9 Å². The van der Waals surface area contributed by atoms with Crippen molar-refractivity contribution in [3.05, 3.63) is 27.5 Å². The minimum Gasteiger partial charge on any atom is -0.322 e. The minimum atomic E-state index is -0.187. The molecule has 2 heterocycles. The fraction of sp³-hybridized carbons (Fsp3) is 0.545. The van der Waals surface area contributed by atoms with E-state index in [9.17, 15) is 0 Å². The summed E-state index contributed by atoms with van der Waals surface area (Å²) in [4.78, 5) is 0. The summed E-state index contributed by atoms with van der Waals surface area (Å²) in [6.45, 7) is 4.88. The van der Waals surface area contributed by atoms with Gasteiger partial charge < -0.3 is 5.73 Å². The van der Waals surface area contributed by atoms with Gasteiger partial charge in [0.15, 0.2) is 0 Å². The Morgan fingerprint density at radius 2 is 2.28 bits per heavy atom. The average Bonchev–Trinajstić information content (AvgIpc) is 2.99. The maximum Gasteiger partial charge on any atom is 0.0926 e. The fourth-order valence-corrected chi connectivity index (χ4v) is 2.72. The van der Waals surface area contributed by atoms with Crippen LogP contribution in [0.25, 0.3) is 0 Å². The van der Waals surface area contributed by atoms with E-state index < -0.39 is 0 Å². The summed E-state index contributed by atoms with van der Waals surface area (Å²) in [6.07, 6.45) is 1.46. The molecule has 0 radical (unpaired) electrons. The van der Waals surface area contributed by atoms with Crippen LogP contribution >= 0.6 is 23.1 Å². The Bertz CT molecular complexity index is 508. The van der Waals surface area contributed by atoms with Crippen molar-refractivity contribution in [1.82, 2.24) is 19.4 Å². The Labute approximate surface area is 115 Å². The van der Waals surface area contributed by atoms with Crippen molar-refractivity contribution < 1.29 is 0 Å². The molecule has 0 bridgehead atoms. The number of rotatable bonds is 5. The summed E-state index contributed by atoms with van der Waals surface area (Å²) in [5.41, 5.74) is 8.83. The highest BCUT2D eigenvalue weighted by Gasteiger charge is 2.19. The van der Waals surface area contributed by atoms with E-state index >= 15 is 0 Å². The normalized spacial score (nSPS) is 12.9. The summed E-state index contributed by atoms with van der Waals surface area (Å²) in [7, 11) is 0. The van der Waals surface area contributed by atoms with Crippen LogP contribution in [-0.2, 0) is 19.4 Å². The first kappa shape index (κ1) is 13.5. The van der Waals surface area contributed by atoms with Gasteiger partial charge in [0.25, 0.3) is 0 Å². The van der Waals surface area contributed by atoms with Crippen LogP contribution in [0.4, 0.5) is 0 Å². The predicted octanol–water partition coefficient (Wildman–Crippen LogP) is 2.21. The predicted molar refractivity (Wildman–Crippen MR) is 72.8 cm³/mol. The summed E-state index contributed by atoms with van der Waals surface area (Å²) in [5, 5.41) is 11.1. The van der Waals surface area contributed by atoms with Crippen molar-refractivity contribution in [2.45, 2.75) is 39.3 Å². The van der Waals surface area contributed by atoms with Crippen LogP contribution in [-0.4, -0.2) is 19.4 Å². The van der Waals surface area contributed by atoms with Crippen molar-refractivity contribution in [3.63, 3.8) is 0 Å². The smallest absolute Gasteiger partial charge is 0.0926 e. The maximum atomic E-state index is 6.34. The Balaban J connectivity index is 2.25. The number of hydrogen-bond acceptors (Lipinski definition) is 5. The van der Waals surface area contributed by atoms with Gasteiger partial charge in [-0.1, -0.05) is 23.0 Å². The number of hydrogen-bond donors (Lipinski definition) is 1. The second kappa shape index (κ2) is 5.77. The monoisotopic (exact) mass is 285 g/mol. The molecule has 98 valence electrons. The summed E-state index contributed by atoms with van der Waals surface area (Å²) >= 11 is 7.65. The summed E-state index contributed by atoms with van der Waals surface area (Å²) in [6, 6.07) is -0.187. The molecule has 0 aliphatic rings. The highest BCUT2D eigenvalue weighted by Crippen LogP contribution is 2.25. The van der Waals surface area contributed by atoms with Crippen LogP contribution in [0.5, 0.6) is 0 Å². The van der Waals surface area contributed by atoms with Crippen LogP contribution in [0.2, 0.25) is 5.02 Å². The SMILES string of the molecule is CCc1nn(CC)c(CC(N)c2csnn2)c1Cl. The largest absolute Gasteiger partial charge is 0.322 e. The lowest BCUT2D eigenvalue weighted by molar-refractivity contribution is 0.580. The Morgan fingerprint density at radius 1 is 1.50 bits per heavy atom. The molecule has 7 heteroatoms. The van der Waals surface area contributed by atoms with Gasteiger partial charge in [0, 0.05) is 18.3 Å². The number of nitrogens with zero attached hydrogens (tertiary/aromatic N) is 4. The first-order valence-electron chi connectivity index (χ1n) is 5.93. The number of halogens is 1. The van der Waals surface area contributed by atoms with Crippen LogP contribution < -0.4 is 5.73 Å². The molecule has 1 atom stereocenters. The van der Waals surface area contributed by atoms with E-state index in [2.05, 4.69) is 14.7 Å². The zero-order valence-electron chi connectivity index (χ0n) is 10.4. The number of nitrogens with two attached hydrogens (primary N) is 1. The van der Waals surface area contributed by atoms with Crippen molar-refractivity contribution in [2.24, 2.45) is 5.73 Å². The molecule has 0 amide bonds. The van der Waals surface area contributed by atoms with Crippen molar-refractivity contribution >= 4 is 23.1 Å². The Hall–Kier alpha value is -0.980. The first-order chi connectivity index (χ1) is 8.67. The molecule has 2 rings (SSSR count). The van der Waals surface area contributed by atoms with Gasteiger partial charge in [0.1, 0.15) is 0 Å². The van der Waals surface area contributed by atoms with Crippen LogP contribution in [0.3, 0.4) is 0 Å². The van der Waals surface area contributed by atoms with E-state index in [1.807, 2.05) is 23.9 Å². The van der Waals surface area contributed by atoms with Gasteiger partial charge in [0.05, 0.1) is 28.1 Å². The van der Waals surface area contributed by atoms with Crippen molar-refractivity contribution in [1.29, 1.82) is 0 Å². The molecule has 0 fully saturated rings. The molecule has 2 aromatic heterocycles. The lowest BCUT2D eigenvalue weighted by Crippen LogP contribution is -2.16. The first-order valence-corrected chi connectivity index (χ1v) is 7.15. The van der Waals surface area contributed by atoms with E-state index in [-0.39, 0.29) is 6.04 Å². The number of aryl methyl sites for hydroxylation is 2. The maximum absolute atomic E-state index is 6.34. The molecule has 0 aromatic carbocycles. The van der Waals surface area contributed by atoms with Crippen LogP contribution in [0.1, 0.15) is 37.0 Å². The third-order valence-electron chi connectivity index (χ3n) is 2.86. The van der Waals surface area contributed by atoms with Gasteiger partial charge >= 0.3 is 0 Å². The van der Waals surface area contributed by atoms with E-state index in [1.165, 1.54) is 11.5 Å². The van der Waals surface area contributed by atoms with Gasteiger partial charge in [-0.2, -0.15) is 5.10 Å². The molecular weight excluding hydrogens is 270 g/mol. The second-order valence-electron chi connectivity index (χ2n) is 4.02. The fourth-order valence-electron chi connectivity index (χ4n) is 1.86. The lowest BCUT2D eigenvalue weighted by atomic mass is 10.1. The molecule has 0 saturated carbocycles. The molecule has 2 N–H and O–H groups in total. The summed E-state index contributed by atoms with van der Waals surface area (Å²) < 4.78 is 5.75. The highest BCUT2D eigenvalue weighted by atomic mass is 35.5. The zero-order chi connectivity index (χ0) is 13.1. The van der Waals surface area contributed by atoms with Gasteiger partial charge in [0.2, 0.25) is 0 Å². The molecule has 5 nitrogen and oxygen atoms in total. The van der Waals surface area contributed by atoms with Crippen LogP contribution in [0, 0.1) is 0 Å². The molecule has 0 aliphatic carbocycles. The van der Waals surface area contributed by atoms with Crippen molar-refractivity contribution in [3.8, 4) is 0 Å². The van der Waals surface area contributed by atoms with E-state index in [0.29, 0.717) is 6.42 Å². The molecule has 0 spiro atoms. The summed E-state index contributed by atoms with van der Waals surface area (Å²) in [5.74, 6) is 0. The second-order valence-corrected chi connectivity index (χ2v) is 5.00. The minimum absolute atomic E-state index is 0.187. The zero-order valence-corrected chi connectivity index (χ0v) is 12.0. The van der Waals surface area contributed by atoms with E-state index in [0.717, 1.165) is 35.1 Å². The van der Waals surface area contributed by atoms with E-state index in [1.54, 1.807) is 0 Å². The molecule has 18 heavy (non-hydrogen) atoms. The third kappa shape index (κ3) is 2.55.